The summed E-state index contributed by atoms with van der Waals surface area (Å²) in [5.41, 5.74) is 2.32. The summed E-state index contributed by atoms with van der Waals surface area (Å²) in [6.07, 6.45) is 3.63. The maximum Gasteiger partial charge on any atom is 0.255 e. The second-order valence-electron chi connectivity index (χ2n) is 9.43. The van der Waals surface area contributed by atoms with Crippen molar-refractivity contribution in [1.82, 2.24) is 24.6 Å². The molecule has 0 N–H and O–H groups in total. The van der Waals surface area contributed by atoms with Crippen LogP contribution in [0.25, 0.3) is 16.7 Å². The average molecular weight is 568 g/mol. The summed E-state index contributed by atoms with van der Waals surface area (Å²) in [7, 11) is 0. The topological polar surface area (TPSA) is 67.2 Å². The van der Waals surface area contributed by atoms with Crippen molar-refractivity contribution in [1.29, 1.82) is 0 Å². The highest BCUT2D eigenvalue weighted by atomic mass is 79.9. The van der Waals surface area contributed by atoms with E-state index in [1.807, 2.05) is 64.3 Å². The van der Waals surface area contributed by atoms with Gasteiger partial charge in [0, 0.05) is 42.1 Å². The van der Waals surface area contributed by atoms with Crippen LogP contribution in [0.3, 0.4) is 0 Å². The Kier molecular flexibility index (Phi) is 7.25. The zero-order valence-corrected chi connectivity index (χ0v) is 22.7. The van der Waals surface area contributed by atoms with Crippen molar-refractivity contribution >= 4 is 50.3 Å². The number of aromatic nitrogens is 4. The van der Waals surface area contributed by atoms with Crippen molar-refractivity contribution in [2.75, 3.05) is 31.1 Å². The van der Waals surface area contributed by atoms with Gasteiger partial charge in [-0.2, -0.15) is 5.10 Å². The van der Waals surface area contributed by atoms with Crippen LogP contribution in [-0.2, 0) is 6.42 Å². The first-order chi connectivity index (χ1) is 17.4. The van der Waals surface area contributed by atoms with Crippen molar-refractivity contribution in [2.24, 2.45) is 5.92 Å². The number of halogens is 2. The smallest absolute Gasteiger partial charge is 0.255 e. The Bertz CT molecular complexity index is 1400. The molecule has 2 aromatic heterocycles. The number of hydrogen-bond donors (Lipinski definition) is 0. The first-order valence-electron chi connectivity index (χ1n) is 12.2. The van der Waals surface area contributed by atoms with Gasteiger partial charge in [0.1, 0.15) is 11.6 Å². The van der Waals surface area contributed by atoms with E-state index in [1.54, 1.807) is 0 Å². The third-order valence-electron chi connectivity index (χ3n) is 6.42. The second kappa shape index (κ2) is 10.6. The van der Waals surface area contributed by atoms with E-state index in [1.165, 1.54) is 0 Å². The zero-order valence-electron chi connectivity index (χ0n) is 20.4. The molecule has 1 aliphatic rings. The van der Waals surface area contributed by atoms with E-state index in [4.69, 9.17) is 21.6 Å². The number of piperazine rings is 1. The van der Waals surface area contributed by atoms with E-state index in [2.05, 4.69) is 39.8 Å². The van der Waals surface area contributed by atoms with Gasteiger partial charge in [0.15, 0.2) is 5.65 Å². The highest BCUT2D eigenvalue weighted by Crippen LogP contribution is 2.28. The lowest BCUT2D eigenvalue weighted by Crippen LogP contribution is -2.49. The zero-order chi connectivity index (χ0) is 25.2. The highest BCUT2D eigenvalue weighted by molar-refractivity contribution is 9.10. The largest absolute Gasteiger partial charge is 0.352 e. The minimum atomic E-state index is 0.0429. The third kappa shape index (κ3) is 5.11. The van der Waals surface area contributed by atoms with Gasteiger partial charge in [0.2, 0.25) is 0 Å². The molecule has 3 heterocycles. The number of fused-ring (bicyclic) bond motifs is 1. The molecule has 2 aromatic carbocycles. The van der Waals surface area contributed by atoms with Crippen LogP contribution in [-0.4, -0.2) is 56.7 Å². The number of anilines is 1. The van der Waals surface area contributed by atoms with Crippen molar-refractivity contribution < 1.29 is 4.79 Å². The van der Waals surface area contributed by atoms with Gasteiger partial charge in [-0.1, -0.05) is 43.6 Å². The maximum atomic E-state index is 13.1. The van der Waals surface area contributed by atoms with Crippen LogP contribution in [0, 0.1) is 5.92 Å². The summed E-state index contributed by atoms with van der Waals surface area (Å²) in [4.78, 5) is 27.1. The number of carbonyl (C=O) groups is 1. The molecule has 0 unspecified atom stereocenters. The minimum Gasteiger partial charge on any atom is -0.352 e. The second-order valence-corrected chi connectivity index (χ2v) is 10.7. The van der Waals surface area contributed by atoms with E-state index >= 15 is 0 Å². The molecular weight excluding hydrogens is 540 g/mol. The van der Waals surface area contributed by atoms with E-state index in [-0.39, 0.29) is 5.91 Å². The summed E-state index contributed by atoms with van der Waals surface area (Å²) in [5, 5.41) is 6.20. The van der Waals surface area contributed by atoms with Crippen LogP contribution in [0.5, 0.6) is 0 Å². The molecule has 5 rings (SSSR count). The minimum absolute atomic E-state index is 0.0429. The number of amides is 1. The molecule has 186 valence electrons. The van der Waals surface area contributed by atoms with Crippen LogP contribution in [0.15, 0.2) is 59.2 Å². The predicted octanol–water partition coefficient (Wildman–Crippen LogP) is 5.78. The van der Waals surface area contributed by atoms with Gasteiger partial charge in [-0.25, -0.2) is 14.6 Å². The molecule has 1 aliphatic heterocycles. The van der Waals surface area contributed by atoms with Crippen LogP contribution in [0.2, 0.25) is 5.02 Å². The average Bonchev–Trinajstić information content (AvgIpc) is 3.31. The monoisotopic (exact) mass is 566 g/mol. The third-order valence-corrected chi connectivity index (χ3v) is 7.35. The molecule has 0 aliphatic carbocycles. The predicted molar refractivity (Wildman–Crippen MR) is 147 cm³/mol. The first kappa shape index (κ1) is 24.7. The van der Waals surface area contributed by atoms with Gasteiger partial charge in [0.25, 0.3) is 5.91 Å². The molecule has 4 aromatic rings. The van der Waals surface area contributed by atoms with Crippen LogP contribution in [0.4, 0.5) is 5.82 Å². The first-order valence-corrected chi connectivity index (χ1v) is 13.4. The molecule has 1 fully saturated rings. The normalized spacial score (nSPS) is 14.1. The maximum absolute atomic E-state index is 13.1. The SMILES string of the molecule is CC(C)CCc1nc(N2CCN(C(=O)c3ccccc3Br)CC2)c2cnn(-c3cccc(Cl)c3)c2n1. The fourth-order valence-corrected chi connectivity index (χ4v) is 5.07. The fraction of sp³-hybridized carbons (Fsp3) is 0.333. The standard InChI is InChI=1S/C27H28BrClN6O/c1-18(2)10-11-24-31-25(22-17-30-35(26(22)32-24)20-7-5-6-19(29)16-20)33-12-14-34(15-13-33)27(36)21-8-3-4-9-23(21)28/h3-9,16-18H,10-15H2,1-2H3. The summed E-state index contributed by atoms with van der Waals surface area (Å²) in [6, 6.07) is 15.2. The lowest BCUT2D eigenvalue weighted by molar-refractivity contribution is 0.0745. The lowest BCUT2D eigenvalue weighted by atomic mass is 10.1. The molecule has 0 radical (unpaired) electrons. The molecule has 9 heteroatoms. The fourth-order valence-electron chi connectivity index (χ4n) is 4.43. The number of aryl methyl sites for hydroxylation is 1. The summed E-state index contributed by atoms with van der Waals surface area (Å²) in [5.74, 6) is 2.28. The molecule has 1 amide bonds. The molecule has 0 atom stereocenters. The molecule has 0 saturated carbocycles. The van der Waals surface area contributed by atoms with Gasteiger partial charge in [0.05, 0.1) is 22.8 Å². The Morgan fingerprint density at radius 2 is 1.83 bits per heavy atom. The summed E-state index contributed by atoms with van der Waals surface area (Å²) in [6.45, 7) is 7.03. The van der Waals surface area contributed by atoms with Gasteiger partial charge in [-0.3, -0.25) is 4.79 Å². The van der Waals surface area contributed by atoms with Crippen molar-refractivity contribution in [2.45, 2.75) is 26.7 Å². The molecular formula is C27H28BrClN6O. The Morgan fingerprint density at radius 3 is 2.56 bits per heavy atom. The molecule has 36 heavy (non-hydrogen) atoms. The highest BCUT2D eigenvalue weighted by Gasteiger charge is 2.26. The van der Waals surface area contributed by atoms with Gasteiger partial charge < -0.3 is 9.80 Å². The van der Waals surface area contributed by atoms with Crippen LogP contribution >= 0.6 is 27.5 Å². The van der Waals surface area contributed by atoms with Gasteiger partial charge >= 0.3 is 0 Å². The number of carbonyl (C=O) groups excluding carboxylic acids is 1. The molecule has 1 saturated heterocycles. The van der Waals surface area contributed by atoms with Crippen molar-refractivity contribution in [3.05, 3.63) is 75.6 Å². The number of nitrogens with zero attached hydrogens (tertiary/aromatic N) is 6. The van der Waals surface area contributed by atoms with Gasteiger partial charge in [-0.05, 0) is 58.6 Å². The van der Waals surface area contributed by atoms with E-state index in [0.29, 0.717) is 42.7 Å². The van der Waals surface area contributed by atoms with E-state index in [0.717, 1.165) is 45.7 Å². The van der Waals surface area contributed by atoms with Crippen molar-refractivity contribution in [3.63, 3.8) is 0 Å². The van der Waals surface area contributed by atoms with E-state index in [9.17, 15) is 4.79 Å². The molecule has 0 spiro atoms. The Morgan fingerprint density at radius 1 is 1.06 bits per heavy atom. The van der Waals surface area contributed by atoms with Gasteiger partial charge in [-0.15, -0.1) is 0 Å². The quantitative estimate of drug-likeness (QED) is 0.295. The van der Waals surface area contributed by atoms with Crippen LogP contribution < -0.4 is 4.90 Å². The summed E-state index contributed by atoms with van der Waals surface area (Å²) < 4.78 is 2.65. The number of benzene rings is 2. The molecule has 0 bridgehead atoms. The number of rotatable bonds is 6. The number of hydrogen-bond acceptors (Lipinski definition) is 5. The molecule has 7 nitrogen and oxygen atoms in total. The Labute approximate surface area is 224 Å². The summed E-state index contributed by atoms with van der Waals surface area (Å²) >= 11 is 9.76. The Balaban J connectivity index is 1.45. The van der Waals surface area contributed by atoms with E-state index < -0.39 is 0 Å². The van der Waals surface area contributed by atoms with Crippen molar-refractivity contribution in [3.8, 4) is 5.69 Å². The lowest BCUT2D eigenvalue weighted by Gasteiger charge is -2.36. The Hall–Kier alpha value is -2.97. The van der Waals surface area contributed by atoms with Crippen LogP contribution in [0.1, 0.15) is 36.5 Å².